The van der Waals surface area contributed by atoms with Crippen LogP contribution in [0.4, 0.5) is 0 Å². The average molecular weight is 368 g/mol. The van der Waals surface area contributed by atoms with Crippen molar-refractivity contribution in [1.29, 1.82) is 0 Å². The van der Waals surface area contributed by atoms with Crippen molar-refractivity contribution < 1.29 is 14.7 Å². The number of aromatic carboxylic acids is 1. The van der Waals surface area contributed by atoms with Crippen molar-refractivity contribution in [3.63, 3.8) is 0 Å². The largest absolute Gasteiger partial charge is 0.476 e. The number of hydrogen-bond donors (Lipinski definition) is 1. The summed E-state index contributed by atoms with van der Waals surface area (Å²) in [6.07, 6.45) is 7.13. The van der Waals surface area contributed by atoms with Gasteiger partial charge in [-0.25, -0.2) is 9.48 Å². The first-order valence-electron chi connectivity index (χ1n) is 9.62. The van der Waals surface area contributed by atoms with E-state index in [9.17, 15) is 9.59 Å². The van der Waals surface area contributed by atoms with Crippen molar-refractivity contribution >= 4 is 11.9 Å². The third-order valence-electron chi connectivity index (χ3n) is 5.75. The van der Waals surface area contributed by atoms with E-state index >= 15 is 0 Å². The summed E-state index contributed by atoms with van der Waals surface area (Å²) >= 11 is 0. The Kier molecular flexibility index (Phi) is 4.92. The molecular formula is C20H24N4O3. The maximum absolute atomic E-state index is 13.3. The van der Waals surface area contributed by atoms with Crippen molar-refractivity contribution in [2.75, 3.05) is 6.54 Å². The summed E-state index contributed by atoms with van der Waals surface area (Å²) in [5, 5.41) is 16.6. The maximum atomic E-state index is 13.3. The standard InChI is InChI=1S/C20H24N4O3/c25-19(16-8-3-7-14-5-1-2-6-15(14)11-16)24-10-4-9-17(24)12-23-13-18(20(26)27)21-22-23/h1-2,5-6,13,16-17H,3-4,7-12H2,(H,26,27). The first-order valence-corrected chi connectivity index (χ1v) is 9.62. The Bertz CT molecular complexity index is 847. The summed E-state index contributed by atoms with van der Waals surface area (Å²) in [5.41, 5.74) is 2.60. The molecular weight excluding hydrogens is 344 g/mol. The first-order chi connectivity index (χ1) is 13.1. The molecule has 1 amide bonds. The van der Waals surface area contributed by atoms with Gasteiger partial charge < -0.3 is 10.0 Å². The second-order valence-corrected chi connectivity index (χ2v) is 7.52. The zero-order valence-electron chi connectivity index (χ0n) is 15.3. The van der Waals surface area contributed by atoms with Gasteiger partial charge in [0.15, 0.2) is 5.69 Å². The lowest BCUT2D eigenvalue weighted by Gasteiger charge is -2.28. The number of rotatable bonds is 4. The highest BCUT2D eigenvalue weighted by molar-refractivity contribution is 5.84. The molecule has 2 unspecified atom stereocenters. The third kappa shape index (κ3) is 3.72. The van der Waals surface area contributed by atoms with E-state index in [-0.39, 0.29) is 23.6 Å². The van der Waals surface area contributed by atoms with Crippen LogP contribution in [0.25, 0.3) is 0 Å². The van der Waals surface area contributed by atoms with Crippen LogP contribution < -0.4 is 0 Å². The number of likely N-dealkylation sites (tertiary alicyclic amines) is 1. The summed E-state index contributed by atoms with van der Waals surface area (Å²) in [7, 11) is 0. The molecule has 0 radical (unpaired) electrons. The molecule has 1 fully saturated rings. The number of benzene rings is 1. The Morgan fingerprint density at radius 1 is 1.15 bits per heavy atom. The SMILES string of the molecule is O=C(O)c1cn(CC2CCCN2C(=O)C2CCCc3ccccc3C2)nn1. The highest BCUT2D eigenvalue weighted by Crippen LogP contribution is 2.29. The van der Waals surface area contributed by atoms with Crippen LogP contribution in [0.1, 0.15) is 47.3 Å². The predicted molar refractivity (Wildman–Crippen MR) is 98.3 cm³/mol. The van der Waals surface area contributed by atoms with Crippen molar-refractivity contribution in [1.82, 2.24) is 19.9 Å². The molecule has 7 heteroatoms. The molecule has 142 valence electrons. The Labute approximate surface area is 158 Å². The van der Waals surface area contributed by atoms with E-state index in [1.54, 1.807) is 4.68 Å². The number of hydrogen-bond acceptors (Lipinski definition) is 4. The minimum absolute atomic E-state index is 0.0274. The van der Waals surface area contributed by atoms with E-state index in [1.807, 2.05) is 4.90 Å². The summed E-state index contributed by atoms with van der Waals surface area (Å²) in [5.74, 6) is -0.829. The van der Waals surface area contributed by atoms with Crippen LogP contribution in [0.2, 0.25) is 0 Å². The normalized spacial score (nSPS) is 22.3. The highest BCUT2D eigenvalue weighted by Gasteiger charge is 2.34. The van der Waals surface area contributed by atoms with Crippen molar-refractivity contribution in [2.45, 2.75) is 51.1 Å². The molecule has 1 aliphatic heterocycles. The molecule has 0 spiro atoms. The maximum Gasteiger partial charge on any atom is 0.358 e. The zero-order chi connectivity index (χ0) is 18.8. The number of carbonyl (C=O) groups is 2. The van der Waals surface area contributed by atoms with Gasteiger partial charge >= 0.3 is 5.97 Å². The third-order valence-corrected chi connectivity index (χ3v) is 5.75. The van der Waals surface area contributed by atoms with E-state index in [1.165, 1.54) is 17.3 Å². The number of aryl methyl sites for hydroxylation is 1. The fraction of sp³-hybridized carbons (Fsp3) is 0.500. The van der Waals surface area contributed by atoms with Gasteiger partial charge in [-0.15, -0.1) is 5.10 Å². The van der Waals surface area contributed by atoms with Gasteiger partial charge in [0.05, 0.1) is 18.8 Å². The summed E-state index contributed by atoms with van der Waals surface area (Å²) in [6, 6.07) is 8.49. The van der Waals surface area contributed by atoms with Gasteiger partial charge in [-0.3, -0.25) is 4.79 Å². The number of carboxylic acid groups (broad SMARTS) is 1. The minimum Gasteiger partial charge on any atom is -0.476 e. The molecule has 0 saturated carbocycles. The van der Waals surface area contributed by atoms with Crippen molar-refractivity contribution in [2.24, 2.45) is 5.92 Å². The van der Waals surface area contributed by atoms with E-state index in [0.717, 1.165) is 45.1 Å². The number of carboxylic acids is 1. The van der Waals surface area contributed by atoms with Gasteiger partial charge in [0.2, 0.25) is 5.91 Å². The van der Waals surface area contributed by atoms with Crippen LogP contribution in [0, 0.1) is 5.92 Å². The minimum atomic E-state index is -1.09. The first kappa shape index (κ1) is 17.7. The molecule has 4 rings (SSSR count). The van der Waals surface area contributed by atoms with Gasteiger partial charge in [0.25, 0.3) is 0 Å². The molecule has 1 aromatic heterocycles. The van der Waals surface area contributed by atoms with E-state index in [0.29, 0.717) is 6.54 Å². The van der Waals surface area contributed by atoms with Crippen LogP contribution in [0.5, 0.6) is 0 Å². The van der Waals surface area contributed by atoms with Crippen molar-refractivity contribution in [3.05, 3.63) is 47.3 Å². The number of aromatic nitrogens is 3. The van der Waals surface area contributed by atoms with Gasteiger partial charge in [0.1, 0.15) is 0 Å². The van der Waals surface area contributed by atoms with Crippen LogP contribution in [0.15, 0.2) is 30.5 Å². The number of amides is 1. The lowest BCUT2D eigenvalue weighted by atomic mass is 9.95. The topological polar surface area (TPSA) is 88.3 Å². The molecule has 27 heavy (non-hydrogen) atoms. The summed E-state index contributed by atoms with van der Waals surface area (Å²) < 4.78 is 1.54. The van der Waals surface area contributed by atoms with Crippen LogP contribution in [-0.2, 0) is 24.2 Å². The number of fused-ring (bicyclic) bond motifs is 1. The number of carbonyl (C=O) groups excluding carboxylic acids is 1. The molecule has 2 aliphatic rings. The summed E-state index contributed by atoms with van der Waals surface area (Å²) in [6.45, 7) is 1.26. The van der Waals surface area contributed by atoms with Crippen LogP contribution >= 0.6 is 0 Å². The molecule has 0 bridgehead atoms. The lowest BCUT2D eigenvalue weighted by Crippen LogP contribution is -2.42. The monoisotopic (exact) mass is 368 g/mol. The van der Waals surface area contributed by atoms with Gasteiger partial charge in [-0.1, -0.05) is 29.5 Å². The molecule has 1 N–H and O–H groups in total. The van der Waals surface area contributed by atoms with Crippen LogP contribution in [0.3, 0.4) is 0 Å². The predicted octanol–water partition coefficient (Wildman–Crippen LogP) is 2.16. The second-order valence-electron chi connectivity index (χ2n) is 7.52. The van der Waals surface area contributed by atoms with Crippen molar-refractivity contribution in [3.8, 4) is 0 Å². The molecule has 1 aliphatic carbocycles. The molecule has 1 saturated heterocycles. The quantitative estimate of drug-likeness (QED) is 0.836. The Morgan fingerprint density at radius 2 is 1.96 bits per heavy atom. The fourth-order valence-electron chi connectivity index (χ4n) is 4.37. The lowest BCUT2D eigenvalue weighted by molar-refractivity contribution is -0.136. The smallest absolute Gasteiger partial charge is 0.358 e. The average Bonchev–Trinajstić information content (AvgIpc) is 3.26. The zero-order valence-corrected chi connectivity index (χ0v) is 15.3. The van der Waals surface area contributed by atoms with Gasteiger partial charge in [0, 0.05) is 12.5 Å². The van der Waals surface area contributed by atoms with Gasteiger partial charge in [-0.2, -0.15) is 0 Å². The Balaban J connectivity index is 1.46. The van der Waals surface area contributed by atoms with E-state index < -0.39 is 5.97 Å². The Hall–Kier alpha value is -2.70. The molecule has 2 atom stereocenters. The molecule has 2 heterocycles. The van der Waals surface area contributed by atoms with Gasteiger partial charge in [-0.05, 0) is 49.7 Å². The van der Waals surface area contributed by atoms with E-state index in [2.05, 4.69) is 34.6 Å². The fourth-order valence-corrected chi connectivity index (χ4v) is 4.37. The molecule has 1 aromatic carbocycles. The Morgan fingerprint density at radius 3 is 2.74 bits per heavy atom. The molecule has 2 aromatic rings. The highest BCUT2D eigenvalue weighted by atomic mass is 16.4. The number of nitrogens with zero attached hydrogens (tertiary/aromatic N) is 4. The molecule has 7 nitrogen and oxygen atoms in total. The van der Waals surface area contributed by atoms with E-state index in [4.69, 9.17) is 5.11 Å². The van der Waals surface area contributed by atoms with Crippen LogP contribution in [-0.4, -0.2) is 49.5 Å². The summed E-state index contributed by atoms with van der Waals surface area (Å²) in [4.78, 5) is 26.2. The second kappa shape index (κ2) is 7.50.